The number of hydrogen-bond donors (Lipinski definition) is 0. The zero-order valence-corrected chi connectivity index (χ0v) is 26.7. The van der Waals surface area contributed by atoms with E-state index in [1.54, 1.807) is 6.20 Å². The smallest absolute Gasteiger partial charge is 0.180 e. The Balaban J connectivity index is 1.40. The van der Waals surface area contributed by atoms with E-state index in [-0.39, 0.29) is 0 Å². The van der Waals surface area contributed by atoms with Gasteiger partial charge in [-0.3, -0.25) is 4.57 Å². The lowest BCUT2D eigenvalue weighted by Gasteiger charge is -2.15. The second kappa shape index (κ2) is 9.40. The number of aromatic nitrogens is 5. The van der Waals surface area contributed by atoms with Crippen LogP contribution < -0.4 is 0 Å². The molecule has 5 heteroatoms. The van der Waals surface area contributed by atoms with Crippen molar-refractivity contribution in [3.8, 4) is 17.1 Å². The van der Waals surface area contributed by atoms with E-state index < -0.39 is 0 Å². The number of rotatable bonds is 2. The zero-order chi connectivity index (χ0) is 32.5. The maximum atomic E-state index is 5.34. The average molecular weight is 636 g/mol. The van der Waals surface area contributed by atoms with Gasteiger partial charge in [-0.05, 0) is 29.0 Å². The summed E-state index contributed by atoms with van der Waals surface area (Å²) in [5.74, 6) is 0.766. The van der Waals surface area contributed by atoms with Gasteiger partial charge in [0.15, 0.2) is 11.5 Å². The molecule has 12 aromatic rings. The van der Waals surface area contributed by atoms with E-state index in [0.717, 1.165) is 33.6 Å². The van der Waals surface area contributed by atoms with Crippen LogP contribution in [-0.4, -0.2) is 23.9 Å². The summed E-state index contributed by atoms with van der Waals surface area (Å²) in [6.45, 7) is 0. The van der Waals surface area contributed by atoms with Gasteiger partial charge in [0.2, 0.25) is 0 Å². The van der Waals surface area contributed by atoms with E-state index in [2.05, 4.69) is 141 Å². The van der Waals surface area contributed by atoms with Gasteiger partial charge in [-0.1, -0.05) is 127 Å². The minimum absolute atomic E-state index is 0.621. The Hall–Kier alpha value is -6.85. The standard InChI is InChI=1S/C45H25N5/c1-2-13-27(14-3-1)39-45(48-44-35(47-39)21-11-25-46-44)49-36-22-9-8-18-33(36)38-42(49)30-17-7-6-16-29(30)37-34-20-10-19-31-32-24-23-26-12-4-5-15-28(26)40(32)50(41(31)34)43(37)38/h1-25H. The van der Waals surface area contributed by atoms with Crippen molar-refractivity contribution >= 4 is 92.6 Å². The Labute approximate surface area is 284 Å². The van der Waals surface area contributed by atoms with Crippen molar-refractivity contribution in [2.45, 2.75) is 0 Å². The highest BCUT2D eigenvalue weighted by atomic mass is 15.1. The van der Waals surface area contributed by atoms with Crippen molar-refractivity contribution in [2.75, 3.05) is 0 Å². The van der Waals surface area contributed by atoms with Gasteiger partial charge in [0.1, 0.15) is 11.2 Å². The summed E-state index contributed by atoms with van der Waals surface area (Å²) in [4.78, 5) is 15.3. The van der Waals surface area contributed by atoms with Crippen LogP contribution in [-0.2, 0) is 0 Å². The lowest BCUT2D eigenvalue weighted by atomic mass is 9.98. The third kappa shape index (κ3) is 3.19. The molecule has 7 aromatic carbocycles. The molecule has 0 radical (unpaired) electrons. The van der Waals surface area contributed by atoms with Crippen molar-refractivity contribution in [3.05, 3.63) is 152 Å². The molecule has 0 saturated heterocycles. The molecule has 0 unspecified atom stereocenters. The molecule has 50 heavy (non-hydrogen) atoms. The Kier molecular flexibility index (Phi) is 4.91. The first-order valence-corrected chi connectivity index (χ1v) is 17.0. The van der Waals surface area contributed by atoms with Crippen LogP contribution in [0.25, 0.3) is 110 Å². The Morgan fingerprint density at radius 2 is 1.10 bits per heavy atom. The second-order valence-corrected chi connectivity index (χ2v) is 13.2. The third-order valence-electron chi connectivity index (χ3n) is 10.6. The van der Waals surface area contributed by atoms with Gasteiger partial charge in [0, 0.05) is 54.9 Å². The van der Waals surface area contributed by atoms with Crippen molar-refractivity contribution in [1.29, 1.82) is 0 Å². The molecular weight excluding hydrogens is 611 g/mol. The van der Waals surface area contributed by atoms with Gasteiger partial charge in [0.05, 0.1) is 27.6 Å². The molecule has 0 N–H and O–H groups in total. The molecule has 0 spiro atoms. The number of nitrogens with zero attached hydrogens (tertiary/aromatic N) is 5. The minimum atomic E-state index is 0.621. The van der Waals surface area contributed by atoms with Crippen molar-refractivity contribution in [3.63, 3.8) is 0 Å². The zero-order valence-electron chi connectivity index (χ0n) is 26.7. The topological polar surface area (TPSA) is 48.0 Å². The molecule has 0 amide bonds. The molecule has 0 atom stereocenters. The Morgan fingerprint density at radius 1 is 0.420 bits per heavy atom. The second-order valence-electron chi connectivity index (χ2n) is 13.2. The SMILES string of the molecule is c1ccc(-c2nc3cccnc3nc2-n2c3ccccc3c3c2c2ccccc2c2c4cccc5c6ccc7ccccc7c6n(c54)c23)cc1. The normalized spacial score (nSPS) is 12.4. The molecule has 0 fully saturated rings. The lowest BCUT2D eigenvalue weighted by molar-refractivity contribution is 1.07. The molecule has 5 heterocycles. The first kappa shape index (κ1) is 26.1. The lowest BCUT2D eigenvalue weighted by Crippen LogP contribution is -2.04. The quantitative estimate of drug-likeness (QED) is 0.190. The van der Waals surface area contributed by atoms with Crippen molar-refractivity contribution in [2.24, 2.45) is 0 Å². The predicted octanol–water partition coefficient (Wildman–Crippen LogP) is 11.2. The molecule has 0 aliphatic carbocycles. The summed E-state index contributed by atoms with van der Waals surface area (Å²) >= 11 is 0. The summed E-state index contributed by atoms with van der Waals surface area (Å²) < 4.78 is 4.91. The molecule has 12 rings (SSSR count). The number of hydrogen-bond acceptors (Lipinski definition) is 3. The average Bonchev–Trinajstić information content (AvgIpc) is 3.83. The van der Waals surface area contributed by atoms with Crippen LogP contribution in [0.4, 0.5) is 0 Å². The summed E-state index contributed by atoms with van der Waals surface area (Å²) in [6, 6.07) is 52.1. The maximum Gasteiger partial charge on any atom is 0.180 e. The van der Waals surface area contributed by atoms with E-state index in [1.165, 1.54) is 70.4 Å². The highest BCUT2D eigenvalue weighted by molar-refractivity contribution is 6.40. The first-order chi connectivity index (χ1) is 24.8. The van der Waals surface area contributed by atoms with E-state index in [9.17, 15) is 0 Å². The van der Waals surface area contributed by atoms with E-state index in [0.29, 0.717) is 5.65 Å². The van der Waals surface area contributed by atoms with Crippen LogP contribution in [0.3, 0.4) is 0 Å². The molecule has 0 aliphatic rings. The monoisotopic (exact) mass is 635 g/mol. The highest BCUT2D eigenvalue weighted by Crippen LogP contribution is 2.49. The number of pyridine rings is 1. The number of fused-ring (bicyclic) bond motifs is 16. The minimum Gasteiger partial charge on any atom is -0.307 e. The van der Waals surface area contributed by atoms with Crippen LogP contribution in [0.15, 0.2) is 152 Å². The fourth-order valence-electron chi connectivity index (χ4n) is 8.69. The van der Waals surface area contributed by atoms with E-state index in [4.69, 9.17) is 9.97 Å². The van der Waals surface area contributed by atoms with Crippen molar-refractivity contribution in [1.82, 2.24) is 23.9 Å². The number of para-hydroxylation sites is 2. The Morgan fingerprint density at radius 3 is 2.00 bits per heavy atom. The maximum absolute atomic E-state index is 5.34. The molecular formula is C45H25N5. The molecule has 5 nitrogen and oxygen atoms in total. The first-order valence-electron chi connectivity index (χ1n) is 17.0. The number of benzene rings is 7. The summed E-state index contributed by atoms with van der Waals surface area (Å²) in [7, 11) is 0. The summed E-state index contributed by atoms with van der Waals surface area (Å²) in [6.07, 6.45) is 1.79. The van der Waals surface area contributed by atoms with E-state index >= 15 is 0 Å². The summed E-state index contributed by atoms with van der Waals surface area (Å²) in [5, 5.41) is 12.4. The van der Waals surface area contributed by atoms with Crippen LogP contribution in [0.5, 0.6) is 0 Å². The van der Waals surface area contributed by atoms with Crippen LogP contribution in [0.2, 0.25) is 0 Å². The van der Waals surface area contributed by atoms with Gasteiger partial charge >= 0.3 is 0 Å². The molecule has 5 aromatic heterocycles. The van der Waals surface area contributed by atoms with Gasteiger partial charge < -0.3 is 4.40 Å². The van der Waals surface area contributed by atoms with Crippen LogP contribution >= 0.6 is 0 Å². The summed E-state index contributed by atoms with van der Waals surface area (Å²) in [5.41, 5.74) is 9.15. The van der Waals surface area contributed by atoms with Gasteiger partial charge in [-0.2, -0.15) is 0 Å². The molecule has 0 saturated carbocycles. The van der Waals surface area contributed by atoms with Crippen LogP contribution in [0, 0.1) is 0 Å². The largest absolute Gasteiger partial charge is 0.307 e. The fraction of sp³-hybridized carbons (Fsp3) is 0. The Bertz CT molecular complexity index is 3370. The van der Waals surface area contributed by atoms with E-state index in [1.807, 2.05) is 18.2 Å². The predicted molar refractivity (Wildman–Crippen MR) is 207 cm³/mol. The van der Waals surface area contributed by atoms with Crippen LogP contribution in [0.1, 0.15) is 0 Å². The molecule has 0 aliphatic heterocycles. The van der Waals surface area contributed by atoms with Gasteiger partial charge in [0.25, 0.3) is 0 Å². The fourth-order valence-corrected chi connectivity index (χ4v) is 8.69. The highest BCUT2D eigenvalue weighted by Gasteiger charge is 2.27. The van der Waals surface area contributed by atoms with Gasteiger partial charge in [-0.15, -0.1) is 0 Å². The van der Waals surface area contributed by atoms with Gasteiger partial charge in [-0.25, -0.2) is 15.0 Å². The third-order valence-corrected chi connectivity index (χ3v) is 10.6. The molecule has 230 valence electrons. The van der Waals surface area contributed by atoms with Crippen molar-refractivity contribution < 1.29 is 0 Å². The molecule has 0 bridgehead atoms.